The van der Waals surface area contributed by atoms with Gasteiger partial charge in [-0.25, -0.2) is 13.6 Å². The maximum absolute atomic E-state index is 11.6. The van der Waals surface area contributed by atoms with Crippen molar-refractivity contribution in [3.63, 3.8) is 0 Å². The first-order valence-corrected chi connectivity index (χ1v) is 7.33. The molecular formula is C13H18N2O3S. The van der Waals surface area contributed by atoms with Crippen LogP contribution in [-0.4, -0.2) is 14.3 Å². The molecule has 104 valence electrons. The average molecular weight is 282 g/mol. The first kappa shape index (κ1) is 15.4. The van der Waals surface area contributed by atoms with E-state index in [0.717, 1.165) is 5.57 Å². The SMILES string of the molecule is CC(C)=CC(=O)N[C@H](C)c1cccc(S(N)(=O)=O)c1. The van der Waals surface area contributed by atoms with Crippen molar-refractivity contribution in [2.24, 2.45) is 5.14 Å². The molecule has 0 radical (unpaired) electrons. The third-order valence-corrected chi connectivity index (χ3v) is 3.38. The highest BCUT2D eigenvalue weighted by molar-refractivity contribution is 7.89. The number of carbonyl (C=O) groups is 1. The van der Waals surface area contributed by atoms with Gasteiger partial charge in [0, 0.05) is 6.08 Å². The van der Waals surface area contributed by atoms with Crippen LogP contribution in [-0.2, 0) is 14.8 Å². The molecule has 1 rings (SSSR count). The minimum atomic E-state index is -3.73. The summed E-state index contributed by atoms with van der Waals surface area (Å²) in [5.41, 5.74) is 1.57. The van der Waals surface area contributed by atoms with Crippen LogP contribution in [0.1, 0.15) is 32.4 Å². The van der Waals surface area contributed by atoms with Gasteiger partial charge in [-0.1, -0.05) is 17.7 Å². The van der Waals surface area contributed by atoms with Gasteiger partial charge in [-0.2, -0.15) is 0 Å². The van der Waals surface area contributed by atoms with Crippen molar-refractivity contribution in [2.45, 2.75) is 31.7 Å². The normalized spacial score (nSPS) is 12.6. The predicted molar refractivity (Wildman–Crippen MR) is 73.8 cm³/mol. The number of carbonyl (C=O) groups excluding carboxylic acids is 1. The van der Waals surface area contributed by atoms with Crippen molar-refractivity contribution in [1.29, 1.82) is 0 Å². The molecule has 0 bridgehead atoms. The Morgan fingerprint density at radius 1 is 1.37 bits per heavy atom. The minimum absolute atomic E-state index is 0.0355. The molecule has 0 saturated carbocycles. The number of primary sulfonamides is 1. The molecule has 19 heavy (non-hydrogen) atoms. The highest BCUT2D eigenvalue weighted by atomic mass is 32.2. The van der Waals surface area contributed by atoms with Crippen molar-refractivity contribution in [1.82, 2.24) is 5.32 Å². The fraction of sp³-hybridized carbons (Fsp3) is 0.308. The molecule has 1 amide bonds. The lowest BCUT2D eigenvalue weighted by molar-refractivity contribution is -0.117. The second-order valence-corrected chi connectivity index (χ2v) is 6.13. The minimum Gasteiger partial charge on any atom is -0.346 e. The molecule has 0 spiro atoms. The molecule has 0 heterocycles. The van der Waals surface area contributed by atoms with Crippen LogP contribution < -0.4 is 10.5 Å². The number of nitrogens with one attached hydrogen (secondary N) is 1. The maximum Gasteiger partial charge on any atom is 0.244 e. The summed E-state index contributed by atoms with van der Waals surface area (Å²) in [6, 6.07) is 5.91. The second-order valence-electron chi connectivity index (χ2n) is 4.57. The van der Waals surface area contributed by atoms with Crippen LogP contribution in [0.2, 0.25) is 0 Å². The number of rotatable bonds is 4. The monoisotopic (exact) mass is 282 g/mol. The Kier molecular flexibility index (Phi) is 4.85. The van der Waals surface area contributed by atoms with E-state index in [0.29, 0.717) is 5.56 Å². The van der Waals surface area contributed by atoms with E-state index >= 15 is 0 Å². The maximum atomic E-state index is 11.6. The average Bonchev–Trinajstić information content (AvgIpc) is 2.26. The molecule has 0 aliphatic carbocycles. The molecule has 0 fully saturated rings. The molecule has 0 unspecified atom stereocenters. The van der Waals surface area contributed by atoms with E-state index in [1.165, 1.54) is 18.2 Å². The van der Waals surface area contributed by atoms with Crippen molar-refractivity contribution in [2.75, 3.05) is 0 Å². The Morgan fingerprint density at radius 3 is 2.53 bits per heavy atom. The first-order chi connectivity index (χ1) is 8.70. The van der Waals surface area contributed by atoms with Gasteiger partial charge in [0.05, 0.1) is 10.9 Å². The Morgan fingerprint density at radius 2 is 2.00 bits per heavy atom. The van der Waals surface area contributed by atoms with Crippen LogP contribution in [0, 0.1) is 0 Å². The van der Waals surface area contributed by atoms with Crippen molar-refractivity contribution >= 4 is 15.9 Å². The highest BCUT2D eigenvalue weighted by Gasteiger charge is 2.12. The largest absolute Gasteiger partial charge is 0.346 e. The molecule has 5 nitrogen and oxygen atoms in total. The van der Waals surface area contributed by atoms with Crippen LogP contribution in [0.15, 0.2) is 40.8 Å². The number of benzene rings is 1. The van der Waals surface area contributed by atoms with E-state index < -0.39 is 10.0 Å². The fourth-order valence-electron chi connectivity index (χ4n) is 1.56. The topological polar surface area (TPSA) is 89.3 Å². The zero-order chi connectivity index (χ0) is 14.6. The fourth-order valence-corrected chi connectivity index (χ4v) is 2.13. The van der Waals surface area contributed by atoms with E-state index in [4.69, 9.17) is 5.14 Å². The van der Waals surface area contributed by atoms with Gasteiger partial charge in [-0.15, -0.1) is 0 Å². The molecular weight excluding hydrogens is 264 g/mol. The summed E-state index contributed by atoms with van der Waals surface area (Å²) >= 11 is 0. The van der Waals surface area contributed by atoms with Gasteiger partial charge < -0.3 is 5.32 Å². The Bertz CT molecular complexity index is 602. The number of amides is 1. The summed E-state index contributed by atoms with van der Waals surface area (Å²) in [4.78, 5) is 11.6. The third-order valence-electron chi connectivity index (χ3n) is 2.47. The van der Waals surface area contributed by atoms with Gasteiger partial charge in [0.15, 0.2) is 0 Å². The summed E-state index contributed by atoms with van der Waals surface area (Å²) < 4.78 is 22.5. The molecule has 1 aromatic carbocycles. The molecule has 0 saturated heterocycles. The second kappa shape index (κ2) is 5.99. The van der Waals surface area contributed by atoms with Crippen molar-refractivity contribution in [3.05, 3.63) is 41.5 Å². The lowest BCUT2D eigenvalue weighted by atomic mass is 10.1. The summed E-state index contributed by atoms with van der Waals surface area (Å²) in [5, 5.41) is 7.82. The Balaban J connectivity index is 2.92. The van der Waals surface area contributed by atoms with E-state index in [-0.39, 0.29) is 16.8 Å². The zero-order valence-electron chi connectivity index (χ0n) is 11.2. The predicted octanol–water partition coefficient (Wildman–Crippen LogP) is 1.48. The van der Waals surface area contributed by atoms with Gasteiger partial charge in [0.25, 0.3) is 0 Å². The smallest absolute Gasteiger partial charge is 0.244 e. The Hall–Kier alpha value is -1.66. The van der Waals surface area contributed by atoms with Crippen LogP contribution in [0.3, 0.4) is 0 Å². The number of sulfonamides is 1. The lowest BCUT2D eigenvalue weighted by Crippen LogP contribution is -2.25. The van der Waals surface area contributed by atoms with Gasteiger partial charge in [0.2, 0.25) is 15.9 Å². The van der Waals surface area contributed by atoms with Crippen LogP contribution in [0.4, 0.5) is 0 Å². The summed E-state index contributed by atoms with van der Waals surface area (Å²) in [5.74, 6) is -0.214. The quantitative estimate of drug-likeness (QED) is 0.820. The molecule has 1 aromatic rings. The van der Waals surface area contributed by atoms with Gasteiger partial charge >= 0.3 is 0 Å². The molecule has 0 aliphatic rings. The number of hydrogen-bond acceptors (Lipinski definition) is 3. The first-order valence-electron chi connectivity index (χ1n) is 5.78. The van der Waals surface area contributed by atoms with Crippen LogP contribution >= 0.6 is 0 Å². The standard InChI is InChI=1S/C13H18N2O3S/c1-9(2)7-13(16)15-10(3)11-5-4-6-12(8-11)19(14,17)18/h4-8,10H,1-3H3,(H,15,16)(H2,14,17,18)/t10-/m1/s1. The number of nitrogens with two attached hydrogens (primary N) is 1. The summed E-state index contributed by atoms with van der Waals surface area (Å²) in [6.07, 6.45) is 1.49. The zero-order valence-corrected chi connectivity index (χ0v) is 12.0. The van der Waals surface area contributed by atoms with Gasteiger partial charge in [0.1, 0.15) is 0 Å². The third kappa shape index (κ3) is 4.84. The summed E-state index contributed by atoms with van der Waals surface area (Å²) in [6.45, 7) is 5.43. The molecule has 6 heteroatoms. The van der Waals surface area contributed by atoms with E-state index in [2.05, 4.69) is 5.32 Å². The number of hydrogen-bond donors (Lipinski definition) is 2. The van der Waals surface area contributed by atoms with Crippen molar-refractivity contribution in [3.8, 4) is 0 Å². The van der Waals surface area contributed by atoms with E-state index in [9.17, 15) is 13.2 Å². The van der Waals surface area contributed by atoms with E-state index in [1.54, 1.807) is 19.1 Å². The molecule has 1 atom stereocenters. The molecule has 0 aromatic heterocycles. The highest BCUT2D eigenvalue weighted by Crippen LogP contribution is 2.16. The van der Waals surface area contributed by atoms with Crippen molar-refractivity contribution < 1.29 is 13.2 Å². The van der Waals surface area contributed by atoms with Crippen LogP contribution in [0.5, 0.6) is 0 Å². The van der Waals surface area contributed by atoms with Crippen LogP contribution in [0.25, 0.3) is 0 Å². The van der Waals surface area contributed by atoms with Gasteiger partial charge in [-0.05, 0) is 38.5 Å². The molecule has 3 N–H and O–H groups in total. The Labute approximate surface area is 113 Å². The lowest BCUT2D eigenvalue weighted by Gasteiger charge is -2.14. The molecule has 0 aliphatic heterocycles. The summed E-state index contributed by atoms with van der Waals surface area (Å²) in [7, 11) is -3.73. The van der Waals surface area contributed by atoms with Gasteiger partial charge in [-0.3, -0.25) is 4.79 Å². The van der Waals surface area contributed by atoms with E-state index in [1.807, 2.05) is 13.8 Å². The number of allylic oxidation sites excluding steroid dienone is 1.